The van der Waals surface area contributed by atoms with E-state index in [0.29, 0.717) is 43.5 Å². The number of carbonyl (C=O) groups excluding carboxylic acids is 1. The number of carboxylic acid groups (broad SMARTS) is 1. The Morgan fingerprint density at radius 1 is 0.974 bits per heavy atom. The first-order valence-electron chi connectivity index (χ1n) is 14.1. The van der Waals surface area contributed by atoms with Crippen LogP contribution in [0, 0.1) is 11.8 Å². The van der Waals surface area contributed by atoms with Gasteiger partial charge in [-0.1, -0.05) is 44.5 Å². The summed E-state index contributed by atoms with van der Waals surface area (Å²) in [4.78, 5) is 31.6. The molecule has 2 N–H and O–H groups in total. The topological polar surface area (TPSA) is 84.3 Å². The lowest BCUT2D eigenvalue weighted by Crippen LogP contribution is -2.57. The van der Waals surface area contributed by atoms with Gasteiger partial charge in [-0.05, 0) is 68.0 Å². The highest BCUT2D eigenvalue weighted by Crippen LogP contribution is 2.35. The number of carboxylic acids is 1. The zero-order valence-corrected chi connectivity index (χ0v) is 23.2. The predicted octanol–water partition coefficient (Wildman–Crippen LogP) is 4.86. The fraction of sp³-hybridized carbons (Fsp3) is 0.548. The molecule has 0 bridgehead atoms. The molecule has 206 valence electrons. The molecule has 2 aliphatic rings. The number of rotatable bonds is 8. The Morgan fingerprint density at radius 3 is 2.26 bits per heavy atom. The molecule has 7 nitrogen and oxygen atoms in total. The van der Waals surface area contributed by atoms with Crippen molar-refractivity contribution < 1.29 is 19.8 Å². The van der Waals surface area contributed by atoms with Gasteiger partial charge in [0, 0.05) is 50.4 Å². The van der Waals surface area contributed by atoms with Crippen LogP contribution in [0.3, 0.4) is 0 Å². The Morgan fingerprint density at radius 2 is 1.63 bits per heavy atom. The summed E-state index contributed by atoms with van der Waals surface area (Å²) in [5.41, 5.74) is 2.65. The summed E-state index contributed by atoms with van der Waals surface area (Å²) in [6.45, 7) is 13.0. The second-order valence-electron chi connectivity index (χ2n) is 11.4. The first kappa shape index (κ1) is 28.1. The number of carbonyl (C=O) groups is 2. The second-order valence-corrected chi connectivity index (χ2v) is 11.4. The molecular weight excluding hydrogens is 478 g/mol. The highest BCUT2D eigenvalue weighted by atomic mass is 16.4. The molecule has 2 fully saturated rings. The van der Waals surface area contributed by atoms with Gasteiger partial charge in [0.1, 0.15) is 5.75 Å². The predicted molar refractivity (Wildman–Crippen MR) is 149 cm³/mol. The number of aliphatic carboxylic acids is 1. The number of likely N-dealkylation sites (tertiary alicyclic amines) is 1. The molecule has 38 heavy (non-hydrogen) atoms. The highest BCUT2D eigenvalue weighted by molar-refractivity contribution is 5.94. The SMILES string of the molecule is CCC(C)CN1C[C@H](C)N([C@@H](c2cccc(O)c2)c2cccc(C(=O)N3CCC(C(=O)O)CC3)c2)C[C@H]1C. The maximum absolute atomic E-state index is 13.4. The smallest absolute Gasteiger partial charge is 0.306 e. The van der Waals surface area contributed by atoms with Crippen molar-refractivity contribution in [2.75, 3.05) is 32.7 Å². The third-order valence-electron chi connectivity index (χ3n) is 8.50. The number of benzene rings is 2. The molecule has 2 heterocycles. The first-order valence-corrected chi connectivity index (χ1v) is 14.1. The van der Waals surface area contributed by atoms with Gasteiger partial charge in [-0.15, -0.1) is 0 Å². The summed E-state index contributed by atoms with van der Waals surface area (Å²) in [6.07, 6.45) is 2.15. The third kappa shape index (κ3) is 6.38. The van der Waals surface area contributed by atoms with Crippen LogP contribution in [0.5, 0.6) is 5.75 Å². The molecule has 2 aliphatic heterocycles. The summed E-state index contributed by atoms with van der Waals surface area (Å²) in [5, 5.41) is 19.6. The number of nitrogens with zero attached hydrogens (tertiary/aromatic N) is 3. The molecule has 0 aromatic heterocycles. The van der Waals surface area contributed by atoms with Gasteiger partial charge in [0.05, 0.1) is 12.0 Å². The van der Waals surface area contributed by atoms with Crippen LogP contribution < -0.4 is 0 Å². The number of aromatic hydroxyl groups is 1. The van der Waals surface area contributed by atoms with E-state index in [1.165, 1.54) is 6.42 Å². The van der Waals surface area contributed by atoms with Crippen molar-refractivity contribution in [2.24, 2.45) is 11.8 Å². The molecule has 0 spiro atoms. The number of hydrogen-bond acceptors (Lipinski definition) is 5. The van der Waals surface area contributed by atoms with Crippen LogP contribution in [0.1, 0.15) is 74.5 Å². The first-order chi connectivity index (χ1) is 18.2. The maximum atomic E-state index is 13.4. The Balaban J connectivity index is 1.61. The van der Waals surface area contributed by atoms with Gasteiger partial charge in [0.15, 0.2) is 0 Å². The van der Waals surface area contributed by atoms with Crippen LogP contribution in [0.25, 0.3) is 0 Å². The van der Waals surface area contributed by atoms with E-state index in [9.17, 15) is 19.8 Å². The Kier molecular flexibility index (Phi) is 9.11. The zero-order valence-electron chi connectivity index (χ0n) is 23.2. The van der Waals surface area contributed by atoms with E-state index in [-0.39, 0.29) is 29.7 Å². The van der Waals surface area contributed by atoms with Gasteiger partial charge in [-0.3, -0.25) is 19.4 Å². The molecule has 0 aliphatic carbocycles. The van der Waals surface area contributed by atoms with Crippen molar-refractivity contribution in [3.05, 3.63) is 65.2 Å². The van der Waals surface area contributed by atoms with E-state index in [4.69, 9.17) is 0 Å². The van der Waals surface area contributed by atoms with Crippen LogP contribution in [0.4, 0.5) is 0 Å². The quantitative estimate of drug-likeness (QED) is 0.516. The fourth-order valence-corrected chi connectivity index (χ4v) is 5.99. The minimum Gasteiger partial charge on any atom is -0.508 e. The largest absolute Gasteiger partial charge is 0.508 e. The minimum atomic E-state index is -0.777. The van der Waals surface area contributed by atoms with Crippen LogP contribution in [0.15, 0.2) is 48.5 Å². The molecule has 2 aromatic rings. The highest BCUT2D eigenvalue weighted by Gasteiger charge is 2.36. The van der Waals surface area contributed by atoms with Crippen molar-refractivity contribution >= 4 is 11.9 Å². The molecule has 0 radical (unpaired) electrons. The van der Waals surface area contributed by atoms with Crippen LogP contribution in [-0.2, 0) is 4.79 Å². The lowest BCUT2D eigenvalue weighted by Gasteiger charge is -2.48. The van der Waals surface area contributed by atoms with Crippen molar-refractivity contribution in [1.82, 2.24) is 14.7 Å². The van der Waals surface area contributed by atoms with Crippen molar-refractivity contribution in [2.45, 2.75) is 65.1 Å². The van der Waals surface area contributed by atoms with Crippen LogP contribution in [0.2, 0.25) is 0 Å². The summed E-state index contributed by atoms with van der Waals surface area (Å²) >= 11 is 0. The van der Waals surface area contributed by atoms with Crippen molar-refractivity contribution in [1.29, 1.82) is 0 Å². The zero-order chi connectivity index (χ0) is 27.4. The Bertz CT molecular complexity index is 1110. The minimum absolute atomic E-state index is 0.0508. The van der Waals surface area contributed by atoms with Gasteiger partial charge < -0.3 is 15.1 Å². The monoisotopic (exact) mass is 521 g/mol. The molecule has 7 heteroatoms. The average Bonchev–Trinajstić information content (AvgIpc) is 2.91. The molecular formula is C31H43N3O4. The van der Waals surface area contributed by atoms with E-state index in [0.717, 1.165) is 30.8 Å². The number of phenols is 1. The van der Waals surface area contributed by atoms with E-state index in [2.05, 4.69) is 49.6 Å². The summed E-state index contributed by atoms with van der Waals surface area (Å²) < 4.78 is 0. The number of phenolic OH excluding ortho intramolecular Hbond substituents is 1. The van der Waals surface area contributed by atoms with Gasteiger partial charge in [0.25, 0.3) is 5.91 Å². The summed E-state index contributed by atoms with van der Waals surface area (Å²) in [6, 6.07) is 15.9. The Labute approximate surface area is 227 Å². The third-order valence-corrected chi connectivity index (χ3v) is 8.50. The van der Waals surface area contributed by atoms with Gasteiger partial charge in [-0.25, -0.2) is 0 Å². The van der Waals surface area contributed by atoms with Gasteiger partial charge >= 0.3 is 5.97 Å². The number of amides is 1. The lowest BCUT2D eigenvalue weighted by molar-refractivity contribution is -0.143. The van der Waals surface area contributed by atoms with Gasteiger partial charge in [0.2, 0.25) is 0 Å². The van der Waals surface area contributed by atoms with Crippen molar-refractivity contribution in [3.8, 4) is 5.75 Å². The van der Waals surface area contributed by atoms with E-state index >= 15 is 0 Å². The van der Waals surface area contributed by atoms with Crippen molar-refractivity contribution in [3.63, 3.8) is 0 Å². The number of piperazine rings is 1. The molecule has 1 amide bonds. The summed E-state index contributed by atoms with van der Waals surface area (Å²) in [7, 11) is 0. The van der Waals surface area contributed by atoms with Crippen LogP contribution in [-0.4, -0.2) is 81.6 Å². The molecule has 2 saturated heterocycles. The standard InChI is InChI=1S/C31H43N3O4/c1-5-21(2)18-33-19-23(4)34(20-22(33)3)29(26-9-7-11-28(35)17-26)25-8-6-10-27(16-25)30(36)32-14-12-24(13-15-32)31(37)38/h6-11,16-17,21-24,29,35H,5,12-15,18-20H2,1-4H3,(H,37,38)/t21?,22-,23+,29-/m1/s1. The van der Waals surface area contributed by atoms with E-state index in [1.807, 2.05) is 30.3 Å². The van der Waals surface area contributed by atoms with E-state index in [1.54, 1.807) is 11.0 Å². The van der Waals surface area contributed by atoms with E-state index < -0.39 is 5.97 Å². The lowest BCUT2D eigenvalue weighted by atomic mass is 9.91. The van der Waals surface area contributed by atoms with Crippen LogP contribution >= 0.6 is 0 Å². The van der Waals surface area contributed by atoms with Gasteiger partial charge in [-0.2, -0.15) is 0 Å². The number of piperidine rings is 1. The molecule has 2 aromatic carbocycles. The molecule has 0 saturated carbocycles. The molecule has 4 rings (SSSR count). The summed E-state index contributed by atoms with van der Waals surface area (Å²) in [5.74, 6) is -0.313. The molecule has 1 unspecified atom stereocenters. The normalized spacial score (nSPS) is 23.2. The maximum Gasteiger partial charge on any atom is 0.306 e. The molecule has 4 atom stereocenters. The Hall–Kier alpha value is -2.90. The second kappa shape index (κ2) is 12.3. The number of hydrogen-bond donors (Lipinski definition) is 2. The fourth-order valence-electron chi connectivity index (χ4n) is 5.99. The average molecular weight is 522 g/mol.